The van der Waals surface area contributed by atoms with Crippen LogP contribution in [0.5, 0.6) is 0 Å². The lowest BCUT2D eigenvalue weighted by atomic mass is 10.2. The van der Waals surface area contributed by atoms with E-state index >= 15 is 0 Å². The maximum atomic E-state index is 13.9. The molecule has 3 rings (SSSR count). The quantitative estimate of drug-likeness (QED) is 0.660. The van der Waals surface area contributed by atoms with E-state index in [0.29, 0.717) is 21.6 Å². The van der Waals surface area contributed by atoms with Crippen molar-refractivity contribution in [3.63, 3.8) is 0 Å². The summed E-state index contributed by atoms with van der Waals surface area (Å²) in [6, 6.07) is 10.1. The van der Waals surface area contributed by atoms with Crippen molar-refractivity contribution >= 4 is 35.0 Å². The van der Waals surface area contributed by atoms with Crippen molar-refractivity contribution in [2.24, 2.45) is 7.05 Å². The van der Waals surface area contributed by atoms with Gasteiger partial charge in [0.2, 0.25) is 5.91 Å². The van der Waals surface area contributed by atoms with Gasteiger partial charge < -0.3 is 9.88 Å². The Balaban J connectivity index is 1.68. The van der Waals surface area contributed by atoms with Crippen LogP contribution in [0.25, 0.3) is 11.4 Å². The number of benzene rings is 2. The minimum absolute atomic E-state index is 0.00751. The minimum Gasteiger partial charge on any atom is -0.323 e. The fraction of sp³-hybridized carbons (Fsp3) is 0.118. The van der Waals surface area contributed by atoms with E-state index in [2.05, 4.69) is 15.5 Å². The zero-order valence-corrected chi connectivity index (χ0v) is 15.1. The van der Waals surface area contributed by atoms with Crippen LogP contribution in [0.3, 0.4) is 0 Å². The predicted molar refractivity (Wildman–Crippen MR) is 97.2 cm³/mol. The number of hydrogen-bond donors (Lipinski definition) is 1. The third kappa shape index (κ3) is 4.03. The molecule has 0 bridgehead atoms. The second-order valence-electron chi connectivity index (χ2n) is 5.31. The largest absolute Gasteiger partial charge is 0.323 e. The molecule has 0 aliphatic heterocycles. The molecule has 1 aromatic heterocycles. The fourth-order valence-corrected chi connectivity index (χ4v) is 3.11. The molecular formula is C17H13ClF2N4OS. The van der Waals surface area contributed by atoms with Gasteiger partial charge in [-0.3, -0.25) is 4.79 Å². The van der Waals surface area contributed by atoms with Gasteiger partial charge in [-0.1, -0.05) is 35.5 Å². The highest BCUT2D eigenvalue weighted by Crippen LogP contribution is 2.25. The average Bonchev–Trinajstić information content (AvgIpc) is 2.97. The van der Waals surface area contributed by atoms with Gasteiger partial charge in [0.05, 0.1) is 17.0 Å². The van der Waals surface area contributed by atoms with E-state index in [9.17, 15) is 13.6 Å². The number of aromatic nitrogens is 3. The number of rotatable bonds is 5. The lowest BCUT2D eigenvalue weighted by Crippen LogP contribution is -2.15. The first-order valence-corrected chi connectivity index (χ1v) is 8.84. The Kier molecular flexibility index (Phi) is 5.53. The number of nitrogens with zero attached hydrogens (tertiary/aromatic N) is 3. The first-order valence-electron chi connectivity index (χ1n) is 7.47. The number of thioether (sulfide) groups is 1. The molecule has 0 saturated carbocycles. The van der Waals surface area contributed by atoms with Gasteiger partial charge in [-0.15, -0.1) is 10.2 Å². The van der Waals surface area contributed by atoms with Crippen LogP contribution >= 0.6 is 23.4 Å². The molecule has 0 saturated heterocycles. The van der Waals surface area contributed by atoms with Crippen molar-refractivity contribution in [2.75, 3.05) is 11.1 Å². The van der Waals surface area contributed by atoms with E-state index < -0.39 is 17.5 Å². The fourth-order valence-electron chi connectivity index (χ4n) is 2.23. The normalized spacial score (nSPS) is 10.8. The Morgan fingerprint density at radius 1 is 1.19 bits per heavy atom. The molecule has 5 nitrogen and oxygen atoms in total. The van der Waals surface area contributed by atoms with Crippen molar-refractivity contribution in [1.29, 1.82) is 0 Å². The molecule has 0 unspecified atom stereocenters. The summed E-state index contributed by atoms with van der Waals surface area (Å²) < 4.78 is 29.1. The summed E-state index contributed by atoms with van der Waals surface area (Å²) in [7, 11) is 1.68. The van der Waals surface area contributed by atoms with Crippen molar-refractivity contribution < 1.29 is 13.6 Å². The van der Waals surface area contributed by atoms with Crippen LogP contribution in [0.4, 0.5) is 14.5 Å². The van der Waals surface area contributed by atoms with Crippen molar-refractivity contribution in [1.82, 2.24) is 14.8 Å². The molecular weight excluding hydrogens is 382 g/mol. The van der Waals surface area contributed by atoms with Crippen molar-refractivity contribution in [3.8, 4) is 11.4 Å². The lowest BCUT2D eigenvalue weighted by molar-refractivity contribution is -0.113. The second kappa shape index (κ2) is 7.84. The summed E-state index contributed by atoms with van der Waals surface area (Å²) in [6.07, 6.45) is 0. The van der Waals surface area contributed by atoms with Gasteiger partial charge >= 0.3 is 0 Å². The topological polar surface area (TPSA) is 59.8 Å². The molecule has 0 aliphatic carbocycles. The van der Waals surface area contributed by atoms with Crippen molar-refractivity contribution in [3.05, 3.63) is 59.1 Å². The highest BCUT2D eigenvalue weighted by molar-refractivity contribution is 7.99. The predicted octanol–water partition coefficient (Wildman–Crippen LogP) is 4.14. The second-order valence-corrected chi connectivity index (χ2v) is 6.68. The van der Waals surface area contributed by atoms with Gasteiger partial charge in [-0.2, -0.15) is 0 Å². The van der Waals surface area contributed by atoms with Gasteiger partial charge in [-0.05, 0) is 30.3 Å². The van der Waals surface area contributed by atoms with Gasteiger partial charge in [0.15, 0.2) is 11.0 Å². The van der Waals surface area contributed by atoms with E-state index in [0.717, 1.165) is 11.8 Å². The van der Waals surface area contributed by atoms with Crippen LogP contribution in [-0.2, 0) is 11.8 Å². The molecule has 3 aromatic rings. The molecule has 2 aromatic carbocycles. The zero-order chi connectivity index (χ0) is 18.7. The smallest absolute Gasteiger partial charge is 0.234 e. The van der Waals surface area contributed by atoms with E-state index in [-0.39, 0.29) is 11.4 Å². The van der Waals surface area contributed by atoms with E-state index in [1.165, 1.54) is 24.3 Å². The molecule has 0 fully saturated rings. The molecule has 9 heteroatoms. The average molecular weight is 395 g/mol. The number of carbonyl (C=O) groups is 1. The standard InChI is InChI=1S/C17H13ClF2N4OS/c1-24-16(11-4-2-3-5-12(11)19)22-23-17(24)26-9-15(25)21-14-8-10(18)6-7-13(14)20/h2-8H,9H2,1H3,(H,21,25). The molecule has 0 atom stereocenters. The number of amides is 1. The molecule has 1 heterocycles. The molecule has 0 aliphatic rings. The first-order chi connectivity index (χ1) is 12.5. The first kappa shape index (κ1) is 18.3. The number of halogens is 3. The Morgan fingerprint density at radius 3 is 2.73 bits per heavy atom. The third-order valence-electron chi connectivity index (χ3n) is 3.48. The zero-order valence-electron chi connectivity index (χ0n) is 13.5. The van der Waals surface area contributed by atoms with Crippen LogP contribution in [0.2, 0.25) is 5.02 Å². The van der Waals surface area contributed by atoms with E-state index in [1.807, 2.05) is 0 Å². The van der Waals surface area contributed by atoms with Crippen LogP contribution in [0.15, 0.2) is 47.6 Å². The summed E-state index contributed by atoms with van der Waals surface area (Å²) in [6.45, 7) is 0. The van der Waals surface area contributed by atoms with Gasteiger partial charge in [0, 0.05) is 12.1 Å². The number of carbonyl (C=O) groups excluding carboxylic acids is 1. The highest BCUT2D eigenvalue weighted by Gasteiger charge is 2.16. The molecule has 134 valence electrons. The number of anilines is 1. The molecule has 0 spiro atoms. The summed E-state index contributed by atoms with van der Waals surface area (Å²) in [4.78, 5) is 12.0. The van der Waals surface area contributed by atoms with Crippen LogP contribution in [0, 0.1) is 11.6 Å². The highest BCUT2D eigenvalue weighted by atomic mass is 35.5. The van der Waals surface area contributed by atoms with Crippen LogP contribution in [0.1, 0.15) is 0 Å². The molecule has 26 heavy (non-hydrogen) atoms. The summed E-state index contributed by atoms with van der Waals surface area (Å²) in [5, 5.41) is 11.2. The summed E-state index contributed by atoms with van der Waals surface area (Å²) >= 11 is 6.90. The van der Waals surface area contributed by atoms with Gasteiger partial charge in [0.1, 0.15) is 11.6 Å². The maximum absolute atomic E-state index is 13.9. The Bertz CT molecular complexity index is 964. The SMILES string of the molecule is Cn1c(SCC(=O)Nc2cc(Cl)ccc2F)nnc1-c1ccccc1F. The Labute approximate surface area is 157 Å². The molecule has 0 radical (unpaired) electrons. The monoisotopic (exact) mass is 394 g/mol. The van der Waals surface area contributed by atoms with Crippen LogP contribution < -0.4 is 5.32 Å². The Morgan fingerprint density at radius 2 is 1.96 bits per heavy atom. The van der Waals surface area contributed by atoms with Gasteiger partial charge in [-0.25, -0.2) is 8.78 Å². The minimum atomic E-state index is -0.576. The van der Waals surface area contributed by atoms with Crippen LogP contribution in [-0.4, -0.2) is 26.4 Å². The van der Waals surface area contributed by atoms with Gasteiger partial charge in [0.25, 0.3) is 0 Å². The molecule has 1 N–H and O–H groups in total. The van der Waals surface area contributed by atoms with E-state index in [4.69, 9.17) is 11.6 Å². The number of nitrogens with one attached hydrogen (secondary N) is 1. The molecule has 1 amide bonds. The Hall–Kier alpha value is -2.45. The lowest BCUT2D eigenvalue weighted by Gasteiger charge is -2.07. The van der Waals surface area contributed by atoms with E-state index in [1.54, 1.807) is 29.8 Å². The maximum Gasteiger partial charge on any atom is 0.234 e. The third-order valence-corrected chi connectivity index (χ3v) is 4.74. The van der Waals surface area contributed by atoms with Crippen molar-refractivity contribution in [2.45, 2.75) is 5.16 Å². The summed E-state index contributed by atoms with van der Waals surface area (Å²) in [5.41, 5.74) is 0.327. The number of hydrogen-bond acceptors (Lipinski definition) is 4. The summed E-state index contributed by atoms with van der Waals surface area (Å²) in [5.74, 6) is -1.07.